The number of anilines is 1. The molecule has 7 heteroatoms. The van der Waals surface area contributed by atoms with Crippen LogP contribution in [-0.4, -0.2) is 34.4 Å². The molecule has 1 aromatic heterocycles. The van der Waals surface area contributed by atoms with Crippen LogP contribution in [0.15, 0.2) is 60.0 Å². The smallest absolute Gasteiger partial charge is 0.322 e. The molecular formula is C23H24N4O2S. The zero-order valence-electron chi connectivity index (χ0n) is 16.8. The molecule has 4 rings (SSSR count). The summed E-state index contributed by atoms with van der Waals surface area (Å²) >= 11 is 1.56. The Morgan fingerprint density at radius 1 is 1.17 bits per heavy atom. The van der Waals surface area contributed by atoms with Gasteiger partial charge in [-0.3, -0.25) is 4.79 Å². The molecule has 30 heavy (non-hydrogen) atoms. The summed E-state index contributed by atoms with van der Waals surface area (Å²) in [6.45, 7) is 2.90. The van der Waals surface area contributed by atoms with Gasteiger partial charge in [0.15, 0.2) is 0 Å². The number of rotatable bonds is 5. The van der Waals surface area contributed by atoms with E-state index in [-0.39, 0.29) is 11.9 Å². The molecule has 154 valence electrons. The maximum absolute atomic E-state index is 12.8. The molecule has 0 bridgehead atoms. The van der Waals surface area contributed by atoms with E-state index in [1.54, 1.807) is 16.2 Å². The Morgan fingerprint density at radius 3 is 2.80 bits per heavy atom. The molecule has 0 saturated carbocycles. The molecule has 0 radical (unpaired) electrons. The number of carbonyl (C=O) groups excluding carboxylic acids is 2. The second-order valence-electron chi connectivity index (χ2n) is 7.38. The fraction of sp³-hybridized carbons (Fsp3) is 0.261. The summed E-state index contributed by atoms with van der Waals surface area (Å²) in [5, 5.41) is 8.74. The first-order chi connectivity index (χ1) is 14.6. The molecule has 2 aromatic carbocycles. The molecule has 1 atom stereocenters. The number of thiazole rings is 1. The van der Waals surface area contributed by atoms with Crippen LogP contribution in [0.2, 0.25) is 0 Å². The van der Waals surface area contributed by atoms with Crippen molar-refractivity contribution in [3.8, 4) is 10.6 Å². The molecule has 3 aromatic rings. The Balaban J connectivity index is 1.35. The van der Waals surface area contributed by atoms with E-state index in [0.29, 0.717) is 19.5 Å². The molecule has 1 aliphatic heterocycles. The predicted octanol–water partition coefficient (Wildman–Crippen LogP) is 4.43. The number of hydrogen-bond donors (Lipinski definition) is 2. The van der Waals surface area contributed by atoms with Crippen molar-refractivity contribution in [3.63, 3.8) is 0 Å². The summed E-state index contributed by atoms with van der Waals surface area (Å²) in [6.07, 6.45) is 1.48. The van der Waals surface area contributed by atoms with Crippen LogP contribution in [-0.2, 0) is 11.3 Å². The zero-order chi connectivity index (χ0) is 20.9. The van der Waals surface area contributed by atoms with Crippen LogP contribution >= 0.6 is 11.3 Å². The lowest BCUT2D eigenvalue weighted by molar-refractivity contribution is -0.124. The minimum Gasteiger partial charge on any atom is -0.349 e. The molecule has 6 nitrogen and oxygen atoms in total. The van der Waals surface area contributed by atoms with Crippen LogP contribution in [0.25, 0.3) is 10.6 Å². The van der Waals surface area contributed by atoms with Crippen molar-refractivity contribution < 1.29 is 9.59 Å². The monoisotopic (exact) mass is 420 g/mol. The highest BCUT2D eigenvalue weighted by atomic mass is 32.1. The van der Waals surface area contributed by atoms with Gasteiger partial charge >= 0.3 is 6.03 Å². The van der Waals surface area contributed by atoms with Crippen LogP contribution in [0.1, 0.15) is 24.1 Å². The molecule has 1 saturated heterocycles. The summed E-state index contributed by atoms with van der Waals surface area (Å²) < 4.78 is 0. The average molecular weight is 421 g/mol. The van der Waals surface area contributed by atoms with Gasteiger partial charge in [-0.2, -0.15) is 0 Å². The third-order valence-electron chi connectivity index (χ3n) is 5.10. The van der Waals surface area contributed by atoms with E-state index in [1.165, 1.54) is 0 Å². The standard InChI is InChI=1S/C23H24N4O2S/c1-16-7-5-10-18(13-16)26-23(29)27-12-6-11-20(27)21(28)24-14-19-15-30-22(25-19)17-8-3-2-4-9-17/h2-5,7-10,13,15,20H,6,11-12,14H2,1H3,(H,24,28)(H,26,29). The van der Waals surface area contributed by atoms with Crippen LogP contribution in [0.5, 0.6) is 0 Å². The fourth-order valence-corrected chi connectivity index (χ4v) is 4.42. The summed E-state index contributed by atoms with van der Waals surface area (Å²) in [6, 6.07) is 16.9. The number of carbonyl (C=O) groups is 2. The number of amides is 3. The van der Waals surface area contributed by atoms with Crippen molar-refractivity contribution in [3.05, 3.63) is 71.2 Å². The fourth-order valence-electron chi connectivity index (χ4n) is 3.60. The average Bonchev–Trinajstić information content (AvgIpc) is 3.43. The highest BCUT2D eigenvalue weighted by molar-refractivity contribution is 7.13. The van der Waals surface area contributed by atoms with Crippen molar-refractivity contribution in [2.75, 3.05) is 11.9 Å². The van der Waals surface area contributed by atoms with Crippen molar-refractivity contribution in [2.45, 2.75) is 32.4 Å². The highest BCUT2D eigenvalue weighted by Crippen LogP contribution is 2.24. The molecule has 3 amide bonds. The number of aromatic nitrogens is 1. The molecule has 0 aliphatic carbocycles. The first-order valence-corrected chi connectivity index (χ1v) is 10.9. The number of aryl methyl sites for hydroxylation is 1. The van der Waals surface area contributed by atoms with Gasteiger partial charge in [0.1, 0.15) is 11.0 Å². The SMILES string of the molecule is Cc1cccc(NC(=O)N2CCCC2C(=O)NCc2csc(-c3ccccc3)n2)c1. The van der Waals surface area contributed by atoms with Gasteiger partial charge in [0.2, 0.25) is 5.91 Å². The van der Waals surface area contributed by atoms with Gasteiger partial charge < -0.3 is 15.5 Å². The van der Waals surface area contributed by atoms with Crippen molar-refractivity contribution >= 4 is 29.0 Å². The van der Waals surface area contributed by atoms with Gasteiger partial charge in [-0.25, -0.2) is 9.78 Å². The lowest BCUT2D eigenvalue weighted by atomic mass is 10.2. The Kier molecular flexibility index (Phi) is 6.09. The number of urea groups is 1. The third-order valence-corrected chi connectivity index (χ3v) is 6.04. The summed E-state index contributed by atoms with van der Waals surface area (Å²) in [4.78, 5) is 31.7. The summed E-state index contributed by atoms with van der Waals surface area (Å²) in [7, 11) is 0. The van der Waals surface area contributed by atoms with E-state index >= 15 is 0 Å². The van der Waals surface area contributed by atoms with E-state index < -0.39 is 6.04 Å². The summed E-state index contributed by atoms with van der Waals surface area (Å²) in [5.41, 5.74) is 3.69. The zero-order valence-corrected chi connectivity index (χ0v) is 17.6. The van der Waals surface area contributed by atoms with E-state index in [0.717, 1.165) is 33.9 Å². The van der Waals surface area contributed by atoms with Gasteiger partial charge in [-0.1, -0.05) is 42.5 Å². The Morgan fingerprint density at radius 2 is 2.00 bits per heavy atom. The minimum atomic E-state index is -0.456. The lowest BCUT2D eigenvalue weighted by Crippen LogP contribution is -2.47. The molecular weight excluding hydrogens is 396 g/mol. The molecule has 1 aliphatic rings. The summed E-state index contributed by atoms with van der Waals surface area (Å²) in [5.74, 6) is -0.138. The largest absolute Gasteiger partial charge is 0.349 e. The van der Waals surface area contributed by atoms with Crippen molar-refractivity contribution in [2.24, 2.45) is 0 Å². The van der Waals surface area contributed by atoms with E-state index in [2.05, 4.69) is 15.6 Å². The van der Waals surface area contributed by atoms with E-state index in [1.807, 2.05) is 66.9 Å². The first kappa shape index (κ1) is 20.1. The number of hydrogen-bond acceptors (Lipinski definition) is 4. The first-order valence-electron chi connectivity index (χ1n) is 10.0. The topological polar surface area (TPSA) is 74.3 Å². The van der Waals surface area contributed by atoms with Crippen molar-refractivity contribution in [1.29, 1.82) is 0 Å². The second kappa shape index (κ2) is 9.09. The normalized spacial score (nSPS) is 15.8. The van der Waals surface area contributed by atoms with Gasteiger partial charge in [0.25, 0.3) is 0 Å². The minimum absolute atomic E-state index is 0.138. The number of nitrogens with zero attached hydrogens (tertiary/aromatic N) is 2. The van der Waals surface area contributed by atoms with Crippen LogP contribution < -0.4 is 10.6 Å². The van der Waals surface area contributed by atoms with Crippen molar-refractivity contribution in [1.82, 2.24) is 15.2 Å². The van der Waals surface area contributed by atoms with Crippen LogP contribution in [0.3, 0.4) is 0 Å². The maximum Gasteiger partial charge on any atom is 0.322 e. The van der Waals surface area contributed by atoms with Gasteiger partial charge in [-0.05, 0) is 37.5 Å². The third kappa shape index (κ3) is 4.68. The Labute approximate surface area is 180 Å². The quantitative estimate of drug-likeness (QED) is 0.641. The number of benzene rings is 2. The lowest BCUT2D eigenvalue weighted by Gasteiger charge is -2.24. The number of likely N-dealkylation sites (tertiary alicyclic amines) is 1. The highest BCUT2D eigenvalue weighted by Gasteiger charge is 2.34. The van der Waals surface area contributed by atoms with Gasteiger partial charge in [-0.15, -0.1) is 11.3 Å². The molecule has 0 spiro atoms. The Bertz CT molecular complexity index is 1030. The van der Waals surface area contributed by atoms with Gasteiger partial charge in [0.05, 0.1) is 12.2 Å². The molecule has 1 unspecified atom stereocenters. The maximum atomic E-state index is 12.8. The number of nitrogens with one attached hydrogen (secondary N) is 2. The molecule has 1 fully saturated rings. The predicted molar refractivity (Wildman–Crippen MR) is 119 cm³/mol. The molecule has 2 N–H and O–H groups in total. The molecule has 2 heterocycles. The second-order valence-corrected chi connectivity index (χ2v) is 8.24. The van der Waals surface area contributed by atoms with E-state index in [9.17, 15) is 9.59 Å². The van der Waals surface area contributed by atoms with Crippen LogP contribution in [0.4, 0.5) is 10.5 Å². The van der Waals surface area contributed by atoms with Gasteiger partial charge in [0, 0.05) is 23.2 Å². The van der Waals surface area contributed by atoms with E-state index in [4.69, 9.17) is 0 Å². The Hall–Kier alpha value is -3.19. The van der Waals surface area contributed by atoms with Crippen LogP contribution in [0, 0.1) is 6.92 Å².